The Morgan fingerprint density at radius 1 is 0.929 bits per heavy atom. The van der Waals surface area contributed by atoms with E-state index < -0.39 is 0 Å². The van der Waals surface area contributed by atoms with Crippen LogP contribution in [0.15, 0.2) is 136 Å². The van der Waals surface area contributed by atoms with Gasteiger partial charge in [0.05, 0.1) is 17.6 Å². The van der Waals surface area contributed by atoms with E-state index in [0.717, 1.165) is 44.6 Å². The fraction of sp³-hybridized carbons (Fsp3) is 0.139. The summed E-state index contributed by atoms with van der Waals surface area (Å²) in [6.07, 6.45) is 11.7. The molecule has 0 unspecified atom stereocenters. The van der Waals surface area contributed by atoms with Crippen molar-refractivity contribution in [2.45, 2.75) is 27.7 Å². The van der Waals surface area contributed by atoms with Crippen LogP contribution >= 0.6 is 0 Å². The van der Waals surface area contributed by atoms with Crippen LogP contribution in [-0.2, 0) is 0 Å². The first-order valence-electron chi connectivity index (χ1n) is 14.1. The molecule has 6 heteroatoms. The molecule has 0 radical (unpaired) electrons. The smallest absolute Gasteiger partial charge is 0.248 e. The van der Waals surface area contributed by atoms with E-state index in [0.29, 0.717) is 18.1 Å². The zero-order chi connectivity index (χ0) is 29.9. The van der Waals surface area contributed by atoms with E-state index in [9.17, 15) is 0 Å². The van der Waals surface area contributed by atoms with Crippen LogP contribution in [0.25, 0.3) is 44.7 Å². The summed E-state index contributed by atoms with van der Waals surface area (Å²) < 4.78 is 10.4. The second-order valence-corrected chi connectivity index (χ2v) is 8.89. The van der Waals surface area contributed by atoms with Crippen LogP contribution in [0, 0.1) is 0 Å². The number of hydrogen-bond donors (Lipinski definition) is 0. The second-order valence-electron chi connectivity index (χ2n) is 8.89. The number of aromatic nitrogens is 3. The van der Waals surface area contributed by atoms with Crippen molar-refractivity contribution >= 4 is 57.3 Å². The van der Waals surface area contributed by atoms with E-state index in [-0.39, 0.29) is 0 Å². The molecule has 0 fully saturated rings. The molecule has 42 heavy (non-hydrogen) atoms. The molecule has 0 N–H and O–H groups in total. The van der Waals surface area contributed by atoms with Crippen LogP contribution in [0.5, 0.6) is 0 Å². The number of furan rings is 1. The quantitative estimate of drug-likeness (QED) is 0.117. The molecule has 0 aliphatic heterocycles. The lowest BCUT2D eigenvalue weighted by Crippen LogP contribution is -1.96. The van der Waals surface area contributed by atoms with Gasteiger partial charge in [-0.2, -0.15) is 4.98 Å². The molecular formula is C36H37N5O. The van der Waals surface area contributed by atoms with Gasteiger partial charge in [0.15, 0.2) is 5.84 Å². The van der Waals surface area contributed by atoms with Gasteiger partial charge < -0.3 is 4.42 Å². The summed E-state index contributed by atoms with van der Waals surface area (Å²) >= 11 is 0. The highest BCUT2D eigenvalue weighted by Crippen LogP contribution is 2.34. The molecule has 3 aromatic carbocycles. The van der Waals surface area contributed by atoms with Crippen molar-refractivity contribution in [3.63, 3.8) is 0 Å². The number of hydrogen-bond acceptors (Lipinski definition) is 3. The van der Waals surface area contributed by atoms with E-state index in [1.807, 2.05) is 94.5 Å². The second kappa shape index (κ2) is 14.4. The lowest BCUT2D eigenvalue weighted by atomic mass is 10.2. The van der Waals surface area contributed by atoms with Crippen LogP contribution in [0.2, 0.25) is 0 Å². The molecule has 0 saturated heterocycles. The Hall–Kier alpha value is -5.23. The highest BCUT2D eigenvalue weighted by atomic mass is 16.3. The topological polar surface area (TPSA) is 60.1 Å². The highest BCUT2D eigenvalue weighted by molar-refractivity contribution is 6.06. The summed E-state index contributed by atoms with van der Waals surface area (Å²) in [7, 11) is 0. The fourth-order valence-corrected chi connectivity index (χ4v) is 4.72. The lowest BCUT2D eigenvalue weighted by molar-refractivity contribution is 0.656. The van der Waals surface area contributed by atoms with E-state index in [2.05, 4.69) is 74.7 Å². The Labute approximate surface area is 247 Å². The van der Waals surface area contributed by atoms with Crippen LogP contribution in [0.4, 0.5) is 0 Å². The van der Waals surface area contributed by atoms with Crippen molar-refractivity contribution in [2.75, 3.05) is 6.54 Å². The summed E-state index contributed by atoms with van der Waals surface area (Å²) in [6, 6.07) is 26.3. The van der Waals surface area contributed by atoms with Gasteiger partial charge in [-0.25, -0.2) is 4.99 Å². The number of imidazole rings is 2. The fourth-order valence-electron chi connectivity index (χ4n) is 4.72. The molecule has 0 atom stereocenters. The van der Waals surface area contributed by atoms with E-state index in [4.69, 9.17) is 9.40 Å². The number of amidine groups is 1. The first kappa shape index (κ1) is 29.7. The molecule has 3 aromatic heterocycles. The van der Waals surface area contributed by atoms with E-state index in [1.54, 1.807) is 6.08 Å². The SMILES string of the molecule is C/C=C\C(=C/C)n1c2ccccc2n2c3c(nc12)oc1ccccc13.C=C/C=C/CN=C(N=C)c1ccccc1.CC. The third kappa shape index (κ3) is 5.93. The molecule has 0 bridgehead atoms. The zero-order valence-electron chi connectivity index (χ0n) is 24.7. The maximum absolute atomic E-state index is 5.99. The number of allylic oxidation sites excluding steroid dienone is 6. The van der Waals surface area contributed by atoms with Crippen molar-refractivity contribution in [1.29, 1.82) is 0 Å². The van der Waals surface area contributed by atoms with Gasteiger partial charge in [-0.1, -0.05) is 105 Å². The maximum Gasteiger partial charge on any atom is 0.248 e. The third-order valence-corrected chi connectivity index (χ3v) is 6.43. The molecule has 0 aliphatic carbocycles. The standard InChI is InChI=1S/C21H17N3O.C13H14N2.C2H6/c1-3-9-14(4-2)23-16-11-6-7-12-17(16)24-19-15-10-5-8-13-18(15)25-20(19)22-21(23)24;1-3-4-8-11-15-13(14-2)12-9-6-5-7-10-12;1-2/h3-13H,1-2H3;3-10H,1-2,11H2;1-2H3/b9-3-,14-4+;8-4+,15-13?;. The zero-order valence-corrected chi connectivity index (χ0v) is 24.7. The summed E-state index contributed by atoms with van der Waals surface area (Å²) in [6.45, 7) is 15.8. The van der Waals surface area contributed by atoms with Gasteiger partial charge in [0, 0.05) is 16.6 Å². The Bertz CT molecular complexity index is 1930. The minimum absolute atomic E-state index is 0.593. The van der Waals surface area contributed by atoms with Crippen LogP contribution in [0.3, 0.4) is 0 Å². The van der Waals surface area contributed by atoms with Crippen LogP contribution < -0.4 is 0 Å². The van der Waals surface area contributed by atoms with Crippen molar-refractivity contribution in [1.82, 2.24) is 14.0 Å². The van der Waals surface area contributed by atoms with Gasteiger partial charge in [-0.3, -0.25) is 14.0 Å². The van der Waals surface area contributed by atoms with Crippen molar-refractivity contribution < 1.29 is 4.42 Å². The predicted octanol–water partition coefficient (Wildman–Crippen LogP) is 9.53. The normalized spacial score (nSPS) is 12.2. The number of para-hydroxylation sites is 3. The number of fused-ring (bicyclic) bond motifs is 7. The highest BCUT2D eigenvalue weighted by Gasteiger charge is 2.21. The molecule has 6 nitrogen and oxygen atoms in total. The minimum atomic E-state index is 0.593. The summed E-state index contributed by atoms with van der Waals surface area (Å²) in [5, 5.41) is 1.08. The summed E-state index contributed by atoms with van der Waals surface area (Å²) in [5.41, 5.74) is 6.89. The Balaban J connectivity index is 0.000000206. The Kier molecular flexibility index (Phi) is 10.2. The summed E-state index contributed by atoms with van der Waals surface area (Å²) in [5.74, 6) is 1.54. The van der Waals surface area contributed by atoms with Gasteiger partial charge in [0.25, 0.3) is 0 Å². The van der Waals surface area contributed by atoms with Crippen molar-refractivity contribution in [3.8, 4) is 0 Å². The van der Waals surface area contributed by atoms with Gasteiger partial charge in [-0.05, 0) is 50.9 Å². The average molecular weight is 556 g/mol. The van der Waals surface area contributed by atoms with Crippen molar-refractivity contribution in [2.24, 2.45) is 9.98 Å². The van der Waals surface area contributed by atoms with Gasteiger partial charge in [-0.15, -0.1) is 0 Å². The number of nitrogens with zero attached hydrogens (tertiary/aromatic N) is 5. The minimum Gasteiger partial charge on any atom is -0.436 e. The molecule has 0 spiro atoms. The Morgan fingerprint density at radius 2 is 1.62 bits per heavy atom. The molecule has 212 valence electrons. The number of aliphatic imine (C=N–C) groups is 2. The van der Waals surface area contributed by atoms with Crippen LogP contribution in [-0.4, -0.2) is 33.0 Å². The predicted molar refractivity (Wildman–Crippen MR) is 181 cm³/mol. The van der Waals surface area contributed by atoms with Crippen LogP contribution in [0.1, 0.15) is 33.3 Å². The number of benzene rings is 3. The molecular weight excluding hydrogens is 518 g/mol. The molecule has 0 amide bonds. The van der Waals surface area contributed by atoms with Gasteiger partial charge in [0.1, 0.15) is 11.1 Å². The monoisotopic (exact) mass is 555 g/mol. The first-order chi connectivity index (χ1) is 20.7. The number of rotatable bonds is 6. The van der Waals surface area contributed by atoms with Crippen molar-refractivity contribution in [3.05, 3.63) is 127 Å². The molecule has 0 aliphatic rings. The third-order valence-electron chi connectivity index (χ3n) is 6.43. The molecule has 0 saturated carbocycles. The Morgan fingerprint density at radius 3 is 2.31 bits per heavy atom. The first-order valence-corrected chi connectivity index (χ1v) is 14.1. The van der Waals surface area contributed by atoms with Gasteiger partial charge in [0.2, 0.25) is 11.5 Å². The van der Waals surface area contributed by atoms with E-state index in [1.165, 1.54) is 0 Å². The summed E-state index contributed by atoms with van der Waals surface area (Å²) in [4.78, 5) is 13.0. The van der Waals surface area contributed by atoms with Gasteiger partial charge >= 0.3 is 0 Å². The van der Waals surface area contributed by atoms with E-state index >= 15 is 0 Å². The maximum atomic E-state index is 5.99. The molecule has 3 heterocycles. The molecule has 6 rings (SSSR count). The molecule has 6 aromatic rings. The lowest BCUT2D eigenvalue weighted by Gasteiger charge is -2.05. The largest absolute Gasteiger partial charge is 0.436 e. The average Bonchev–Trinajstić information content (AvgIpc) is 3.68.